The molecule has 1 amide bonds. The average Bonchev–Trinajstić information content (AvgIpc) is 2.65. The van der Waals surface area contributed by atoms with Crippen LogP contribution in [0.5, 0.6) is 0 Å². The minimum atomic E-state index is 0.152. The highest BCUT2D eigenvalue weighted by atomic mass is 16.2. The van der Waals surface area contributed by atoms with E-state index in [0.29, 0.717) is 10.4 Å². The normalized spacial score (nSPS) is 21.5. The molecular formula is C12H24NO2+. The molecule has 0 aromatic rings. The van der Waals surface area contributed by atoms with Crippen LogP contribution in [-0.2, 0) is 4.79 Å². The van der Waals surface area contributed by atoms with E-state index in [0.717, 1.165) is 32.4 Å². The average molecular weight is 214 g/mol. The Labute approximate surface area is 92.7 Å². The van der Waals surface area contributed by atoms with Crippen molar-refractivity contribution in [1.29, 1.82) is 0 Å². The number of likely N-dealkylation sites (tertiary alicyclic amines) is 1. The minimum absolute atomic E-state index is 0.152. The smallest absolute Gasteiger partial charge is 0.316 e. The fourth-order valence-electron chi connectivity index (χ4n) is 2.47. The number of carbonyl (C=O) groups excluding carboxylic acids is 1. The zero-order chi connectivity index (χ0) is 11.3. The van der Waals surface area contributed by atoms with Crippen LogP contribution in [0.2, 0.25) is 0 Å². The predicted octanol–water partition coefficient (Wildman–Crippen LogP) is 1.55. The van der Waals surface area contributed by atoms with Gasteiger partial charge in [0.05, 0.1) is 26.1 Å². The van der Waals surface area contributed by atoms with Crippen LogP contribution in [0.1, 0.15) is 39.0 Å². The van der Waals surface area contributed by atoms with Gasteiger partial charge >= 0.3 is 5.91 Å². The van der Waals surface area contributed by atoms with Crippen LogP contribution in [0.3, 0.4) is 0 Å². The highest BCUT2D eigenvalue weighted by molar-refractivity contribution is 5.71. The van der Waals surface area contributed by atoms with Crippen LogP contribution in [0, 0.1) is 5.92 Å². The predicted molar refractivity (Wildman–Crippen MR) is 60.3 cm³/mol. The van der Waals surface area contributed by atoms with E-state index in [1.54, 1.807) is 0 Å². The van der Waals surface area contributed by atoms with Crippen molar-refractivity contribution in [2.75, 3.05) is 26.7 Å². The van der Waals surface area contributed by atoms with Gasteiger partial charge in [-0.3, -0.25) is 4.48 Å². The lowest BCUT2D eigenvalue weighted by Crippen LogP contribution is -2.49. The molecule has 1 saturated heterocycles. The summed E-state index contributed by atoms with van der Waals surface area (Å²) in [5, 5.41) is 8.69. The lowest BCUT2D eigenvalue weighted by molar-refractivity contribution is -0.823. The third kappa shape index (κ3) is 3.28. The van der Waals surface area contributed by atoms with Crippen LogP contribution < -0.4 is 0 Å². The first-order valence-corrected chi connectivity index (χ1v) is 6.10. The Morgan fingerprint density at radius 1 is 1.33 bits per heavy atom. The third-order valence-corrected chi connectivity index (χ3v) is 3.55. The van der Waals surface area contributed by atoms with Crippen molar-refractivity contribution in [1.82, 2.24) is 0 Å². The maximum absolute atomic E-state index is 12.2. The molecule has 0 aromatic heterocycles. The Morgan fingerprint density at radius 2 is 1.93 bits per heavy atom. The van der Waals surface area contributed by atoms with Crippen molar-refractivity contribution >= 4 is 5.91 Å². The van der Waals surface area contributed by atoms with E-state index < -0.39 is 0 Å². The zero-order valence-electron chi connectivity index (χ0n) is 10.0. The summed E-state index contributed by atoms with van der Waals surface area (Å²) in [4.78, 5) is 12.2. The number of hydrogen-bond acceptors (Lipinski definition) is 2. The van der Waals surface area contributed by atoms with Gasteiger partial charge in [-0.15, -0.1) is 0 Å². The first-order chi connectivity index (χ1) is 7.10. The van der Waals surface area contributed by atoms with Crippen LogP contribution in [0.25, 0.3) is 0 Å². The molecule has 1 aliphatic heterocycles. The van der Waals surface area contributed by atoms with E-state index in [9.17, 15) is 4.79 Å². The van der Waals surface area contributed by atoms with Crippen molar-refractivity contribution in [2.45, 2.75) is 39.0 Å². The number of unbranched alkanes of at least 4 members (excludes halogenated alkanes) is 1. The molecule has 1 rings (SSSR count). The van der Waals surface area contributed by atoms with Gasteiger partial charge in [-0.2, -0.15) is 0 Å². The lowest BCUT2D eigenvalue weighted by Gasteiger charge is -2.28. The number of aliphatic hydroxyl groups is 1. The van der Waals surface area contributed by atoms with Gasteiger partial charge < -0.3 is 5.11 Å². The molecule has 0 radical (unpaired) electrons. The van der Waals surface area contributed by atoms with Crippen LogP contribution >= 0.6 is 0 Å². The number of hydrogen-bond donors (Lipinski definition) is 1. The summed E-state index contributed by atoms with van der Waals surface area (Å²) in [6.07, 6.45) is 5.08. The van der Waals surface area contributed by atoms with Crippen LogP contribution in [-0.4, -0.2) is 42.2 Å². The lowest BCUT2D eigenvalue weighted by atomic mass is 10.0. The second-order valence-electron chi connectivity index (χ2n) is 5.01. The number of quaternary nitrogens is 1. The fraction of sp³-hybridized carbons (Fsp3) is 0.917. The molecule has 1 heterocycles. The van der Waals surface area contributed by atoms with Crippen molar-refractivity contribution in [3.63, 3.8) is 0 Å². The molecule has 0 aromatic carbocycles. The Morgan fingerprint density at radius 3 is 2.47 bits per heavy atom. The van der Waals surface area contributed by atoms with E-state index in [1.807, 2.05) is 6.92 Å². The summed E-state index contributed by atoms with van der Waals surface area (Å²) in [6.45, 7) is 4.31. The third-order valence-electron chi connectivity index (χ3n) is 3.55. The Hall–Kier alpha value is -0.410. The van der Waals surface area contributed by atoms with E-state index >= 15 is 0 Å². The standard InChI is InChI=1S/C12H24NO2/c1-11(7-3-6-10-14)12(15)13(2)8-4-5-9-13/h11,14H,3-10H2,1-2H3/q+1/t11-/m0/s1. The molecule has 15 heavy (non-hydrogen) atoms. The van der Waals surface area contributed by atoms with Crippen molar-refractivity contribution < 1.29 is 14.4 Å². The van der Waals surface area contributed by atoms with Crippen LogP contribution in [0.15, 0.2) is 0 Å². The molecule has 1 aliphatic rings. The van der Waals surface area contributed by atoms with Gasteiger partial charge in [-0.1, -0.05) is 6.42 Å². The topological polar surface area (TPSA) is 37.3 Å². The Bertz CT molecular complexity index is 210. The molecule has 1 fully saturated rings. The largest absolute Gasteiger partial charge is 0.396 e. The molecule has 3 heteroatoms. The van der Waals surface area contributed by atoms with E-state index in [-0.39, 0.29) is 12.5 Å². The van der Waals surface area contributed by atoms with Gasteiger partial charge in [0.1, 0.15) is 0 Å². The SMILES string of the molecule is C[C@@H](CCCCO)C(=O)[N+]1(C)CCCC1. The molecule has 0 unspecified atom stereocenters. The van der Waals surface area contributed by atoms with Crippen molar-refractivity contribution in [3.05, 3.63) is 0 Å². The highest BCUT2D eigenvalue weighted by Gasteiger charge is 2.37. The molecule has 3 nitrogen and oxygen atoms in total. The summed E-state index contributed by atoms with van der Waals surface area (Å²) in [5.74, 6) is 0.546. The second-order valence-corrected chi connectivity index (χ2v) is 5.01. The first-order valence-electron chi connectivity index (χ1n) is 6.10. The van der Waals surface area contributed by atoms with Crippen molar-refractivity contribution in [2.24, 2.45) is 5.92 Å². The van der Waals surface area contributed by atoms with Gasteiger partial charge in [0.15, 0.2) is 0 Å². The zero-order valence-corrected chi connectivity index (χ0v) is 10.0. The molecule has 0 saturated carbocycles. The molecule has 88 valence electrons. The van der Waals surface area contributed by atoms with Gasteiger partial charge in [-0.25, -0.2) is 4.79 Å². The van der Waals surface area contributed by atoms with Gasteiger partial charge in [0.25, 0.3) is 0 Å². The van der Waals surface area contributed by atoms with E-state index in [4.69, 9.17) is 5.11 Å². The molecule has 0 spiro atoms. The maximum atomic E-state index is 12.2. The summed E-state index contributed by atoms with van der Waals surface area (Å²) < 4.78 is 0.639. The monoisotopic (exact) mass is 214 g/mol. The number of carbonyl (C=O) groups is 1. The second kappa shape index (κ2) is 5.61. The molecule has 1 N–H and O–H groups in total. The van der Waals surface area contributed by atoms with Crippen molar-refractivity contribution in [3.8, 4) is 0 Å². The first kappa shape index (κ1) is 12.7. The number of nitrogens with zero attached hydrogens (tertiary/aromatic N) is 1. The number of aliphatic hydroxyl groups excluding tert-OH is 1. The van der Waals surface area contributed by atoms with Gasteiger partial charge in [-0.05, 0) is 19.8 Å². The maximum Gasteiger partial charge on any atom is 0.316 e. The van der Waals surface area contributed by atoms with Crippen LogP contribution in [0.4, 0.5) is 0 Å². The quantitative estimate of drug-likeness (QED) is 0.557. The Kier molecular flexibility index (Phi) is 4.74. The number of rotatable bonds is 5. The molecular weight excluding hydrogens is 190 g/mol. The van der Waals surface area contributed by atoms with E-state index in [1.165, 1.54) is 12.8 Å². The molecule has 1 atom stereocenters. The molecule has 0 bridgehead atoms. The van der Waals surface area contributed by atoms with E-state index in [2.05, 4.69) is 7.05 Å². The minimum Gasteiger partial charge on any atom is -0.396 e. The fourth-order valence-corrected chi connectivity index (χ4v) is 2.47. The summed E-state index contributed by atoms with van der Waals surface area (Å²) >= 11 is 0. The summed E-state index contributed by atoms with van der Waals surface area (Å²) in [7, 11) is 2.07. The van der Waals surface area contributed by atoms with Gasteiger partial charge in [0.2, 0.25) is 0 Å². The summed E-state index contributed by atoms with van der Waals surface area (Å²) in [5.41, 5.74) is 0. The highest BCUT2D eigenvalue weighted by Crippen LogP contribution is 2.22. The molecule has 0 aliphatic carbocycles. The number of amides is 1. The Balaban J connectivity index is 2.38. The van der Waals surface area contributed by atoms with Gasteiger partial charge in [0, 0.05) is 19.4 Å². The summed E-state index contributed by atoms with van der Waals surface area (Å²) in [6, 6.07) is 0.